The Bertz CT molecular complexity index is 777. The molecule has 0 amide bonds. The van der Waals surface area contributed by atoms with Gasteiger partial charge in [0.25, 0.3) is 5.56 Å². The number of piperidine rings is 1. The van der Waals surface area contributed by atoms with Gasteiger partial charge >= 0.3 is 0 Å². The maximum atomic E-state index is 12.3. The van der Waals surface area contributed by atoms with Crippen LogP contribution in [-0.2, 0) is 6.54 Å². The van der Waals surface area contributed by atoms with Crippen molar-refractivity contribution in [2.75, 3.05) is 39.3 Å². The molecule has 0 saturated carbocycles. The molecule has 0 aromatic carbocycles. The van der Waals surface area contributed by atoms with Crippen molar-refractivity contribution in [1.82, 2.24) is 24.6 Å². The molecule has 4 heterocycles. The van der Waals surface area contributed by atoms with Gasteiger partial charge in [0.1, 0.15) is 0 Å². The predicted molar refractivity (Wildman–Crippen MR) is 107 cm³/mol. The van der Waals surface area contributed by atoms with Crippen LogP contribution >= 0.6 is 0 Å². The van der Waals surface area contributed by atoms with Crippen molar-refractivity contribution < 1.29 is 0 Å². The van der Waals surface area contributed by atoms with Gasteiger partial charge in [0.15, 0.2) is 0 Å². The van der Waals surface area contributed by atoms with E-state index >= 15 is 0 Å². The zero-order valence-electron chi connectivity index (χ0n) is 16.0. The molecule has 2 aromatic rings. The lowest BCUT2D eigenvalue weighted by Crippen LogP contribution is -2.40. The maximum Gasteiger partial charge on any atom is 0.266 e. The molecule has 2 aliphatic heterocycles. The van der Waals surface area contributed by atoms with Gasteiger partial charge in [0, 0.05) is 43.7 Å². The fraction of sp³-hybridized carbons (Fsp3) is 0.571. The van der Waals surface area contributed by atoms with Gasteiger partial charge in [0.05, 0.1) is 5.69 Å². The summed E-state index contributed by atoms with van der Waals surface area (Å²) in [6.07, 6.45) is 8.53. The van der Waals surface area contributed by atoms with Crippen molar-refractivity contribution in [2.45, 2.75) is 32.2 Å². The van der Waals surface area contributed by atoms with E-state index in [4.69, 9.17) is 0 Å². The van der Waals surface area contributed by atoms with Gasteiger partial charge in [-0.3, -0.25) is 9.78 Å². The van der Waals surface area contributed by atoms with Crippen molar-refractivity contribution in [3.63, 3.8) is 0 Å². The molecule has 0 aliphatic carbocycles. The summed E-state index contributed by atoms with van der Waals surface area (Å²) < 4.78 is 1.65. The third kappa shape index (κ3) is 4.82. The molecule has 144 valence electrons. The van der Waals surface area contributed by atoms with Crippen molar-refractivity contribution in [1.29, 1.82) is 0 Å². The lowest BCUT2D eigenvalue weighted by Gasteiger charge is -2.33. The molecular weight excluding hydrogens is 338 g/mol. The summed E-state index contributed by atoms with van der Waals surface area (Å²) in [6, 6.07) is 7.29. The van der Waals surface area contributed by atoms with E-state index < -0.39 is 0 Å². The fourth-order valence-electron chi connectivity index (χ4n) is 4.18. The first kappa shape index (κ1) is 18.3. The van der Waals surface area contributed by atoms with Crippen LogP contribution in [0.4, 0.5) is 0 Å². The third-order valence-electron chi connectivity index (χ3n) is 5.91. The Labute approximate surface area is 160 Å². The monoisotopic (exact) mass is 367 g/mol. The van der Waals surface area contributed by atoms with Crippen molar-refractivity contribution in [3.8, 4) is 11.3 Å². The standard InChI is InChI=1S/C21H29N5O/c27-21-4-3-20(19-5-9-22-10-6-19)23-26(21)17-18-7-13-25(14-8-18)16-15-24-11-1-2-12-24/h3-6,9-10,18H,1-2,7-8,11-17H2. The summed E-state index contributed by atoms with van der Waals surface area (Å²) in [5.41, 5.74) is 1.82. The Morgan fingerprint density at radius 3 is 2.26 bits per heavy atom. The molecule has 4 rings (SSSR count). The Balaban J connectivity index is 1.31. The molecule has 0 bridgehead atoms. The van der Waals surface area contributed by atoms with E-state index in [0.717, 1.165) is 43.7 Å². The minimum atomic E-state index is -0.00994. The molecule has 2 aliphatic rings. The summed E-state index contributed by atoms with van der Waals surface area (Å²) in [5, 5.41) is 4.60. The molecule has 0 unspecified atom stereocenters. The number of pyridine rings is 1. The Kier molecular flexibility index (Phi) is 5.94. The minimum Gasteiger partial charge on any atom is -0.302 e. The second-order valence-corrected chi connectivity index (χ2v) is 7.81. The van der Waals surface area contributed by atoms with Crippen LogP contribution < -0.4 is 5.56 Å². The predicted octanol–water partition coefficient (Wildman–Crippen LogP) is 2.11. The zero-order valence-corrected chi connectivity index (χ0v) is 16.0. The van der Waals surface area contributed by atoms with Gasteiger partial charge in [-0.15, -0.1) is 0 Å². The maximum absolute atomic E-state index is 12.3. The van der Waals surface area contributed by atoms with Crippen LogP contribution in [0.5, 0.6) is 0 Å². The van der Waals surface area contributed by atoms with E-state index in [0.29, 0.717) is 5.92 Å². The molecule has 2 saturated heterocycles. The highest BCUT2D eigenvalue weighted by Gasteiger charge is 2.21. The first-order chi connectivity index (χ1) is 13.3. The second-order valence-electron chi connectivity index (χ2n) is 7.81. The van der Waals surface area contributed by atoms with Gasteiger partial charge in [-0.05, 0) is 76.0 Å². The summed E-state index contributed by atoms with van der Waals surface area (Å²) in [5.74, 6) is 0.533. The van der Waals surface area contributed by atoms with Gasteiger partial charge in [-0.25, -0.2) is 4.68 Å². The van der Waals surface area contributed by atoms with Crippen molar-refractivity contribution in [2.24, 2.45) is 5.92 Å². The van der Waals surface area contributed by atoms with Gasteiger partial charge in [-0.2, -0.15) is 5.10 Å². The van der Waals surface area contributed by atoms with Gasteiger partial charge in [0.2, 0.25) is 0 Å². The van der Waals surface area contributed by atoms with E-state index in [9.17, 15) is 4.79 Å². The number of nitrogens with zero attached hydrogens (tertiary/aromatic N) is 5. The summed E-state index contributed by atoms with van der Waals surface area (Å²) in [4.78, 5) is 21.5. The number of aromatic nitrogens is 3. The molecule has 6 heteroatoms. The average Bonchev–Trinajstić information content (AvgIpc) is 3.23. The van der Waals surface area contributed by atoms with Crippen molar-refractivity contribution >= 4 is 0 Å². The topological polar surface area (TPSA) is 54.3 Å². The Morgan fingerprint density at radius 1 is 0.889 bits per heavy atom. The molecule has 27 heavy (non-hydrogen) atoms. The molecule has 0 N–H and O–H groups in total. The molecule has 0 spiro atoms. The van der Waals surface area contributed by atoms with Crippen LogP contribution in [-0.4, -0.2) is 63.8 Å². The molecule has 0 radical (unpaired) electrons. The summed E-state index contributed by atoms with van der Waals surface area (Å²) >= 11 is 0. The fourth-order valence-corrected chi connectivity index (χ4v) is 4.18. The van der Waals surface area contributed by atoms with E-state index in [-0.39, 0.29) is 5.56 Å². The number of rotatable bonds is 6. The van der Waals surface area contributed by atoms with Crippen LogP contribution in [0.3, 0.4) is 0 Å². The highest BCUT2D eigenvalue weighted by atomic mass is 16.1. The highest BCUT2D eigenvalue weighted by Crippen LogP contribution is 2.19. The van der Waals surface area contributed by atoms with Gasteiger partial charge < -0.3 is 9.80 Å². The van der Waals surface area contributed by atoms with E-state index in [1.54, 1.807) is 29.2 Å². The number of likely N-dealkylation sites (tertiary alicyclic amines) is 2. The molecule has 2 fully saturated rings. The van der Waals surface area contributed by atoms with Crippen LogP contribution in [0.1, 0.15) is 25.7 Å². The van der Waals surface area contributed by atoms with Gasteiger partial charge in [-0.1, -0.05) is 0 Å². The number of hydrogen-bond donors (Lipinski definition) is 0. The second kappa shape index (κ2) is 8.76. The average molecular weight is 367 g/mol. The third-order valence-corrected chi connectivity index (χ3v) is 5.91. The zero-order chi connectivity index (χ0) is 18.5. The van der Waals surface area contributed by atoms with Crippen molar-refractivity contribution in [3.05, 3.63) is 47.0 Å². The first-order valence-electron chi connectivity index (χ1n) is 10.2. The highest BCUT2D eigenvalue weighted by molar-refractivity contribution is 5.56. The molecule has 0 atom stereocenters. The number of hydrogen-bond acceptors (Lipinski definition) is 5. The lowest BCUT2D eigenvalue weighted by molar-refractivity contribution is 0.153. The lowest BCUT2D eigenvalue weighted by atomic mass is 9.97. The first-order valence-corrected chi connectivity index (χ1v) is 10.2. The minimum absolute atomic E-state index is 0.00994. The van der Waals surface area contributed by atoms with E-state index in [1.807, 2.05) is 12.1 Å². The quantitative estimate of drug-likeness (QED) is 0.783. The van der Waals surface area contributed by atoms with Crippen LogP contribution in [0.15, 0.2) is 41.5 Å². The van der Waals surface area contributed by atoms with Crippen LogP contribution in [0, 0.1) is 5.92 Å². The summed E-state index contributed by atoms with van der Waals surface area (Å²) in [6.45, 7) is 7.94. The summed E-state index contributed by atoms with van der Waals surface area (Å²) in [7, 11) is 0. The Hall–Kier alpha value is -2.05. The van der Waals surface area contributed by atoms with Crippen LogP contribution in [0.25, 0.3) is 11.3 Å². The van der Waals surface area contributed by atoms with E-state index in [2.05, 4.69) is 19.9 Å². The van der Waals surface area contributed by atoms with Crippen LogP contribution in [0.2, 0.25) is 0 Å². The smallest absolute Gasteiger partial charge is 0.266 e. The Morgan fingerprint density at radius 2 is 1.56 bits per heavy atom. The molecule has 6 nitrogen and oxygen atoms in total. The molecule has 2 aromatic heterocycles. The van der Waals surface area contributed by atoms with E-state index in [1.165, 1.54) is 39.0 Å². The normalized spacial score (nSPS) is 19.6. The molecular formula is C21H29N5O. The SMILES string of the molecule is O=c1ccc(-c2ccncc2)nn1CC1CCN(CCN2CCCC2)CC1. The largest absolute Gasteiger partial charge is 0.302 e.